The fourth-order valence-electron chi connectivity index (χ4n) is 3.18. The van der Waals surface area contributed by atoms with Crippen LogP contribution in [-0.2, 0) is 21.2 Å². The Bertz CT molecular complexity index is 1080. The lowest BCUT2D eigenvalue weighted by molar-refractivity contribution is -0.117. The predicted molar refractivity (Wildman–Crippen MR) is 116 cm³/mol. The number of carbonyl (C=O) groups is 1. The first kappa shape index (κ1) is 20.0. The van der Waals surface area contributed by atoms with Gasteiger partial charge in [0.15, 0.2) is 0 Å². The topological polar surface area (TPSA) is 59.4 Å². The Hall–Kier alpha value is -1.71. The molecule has 142 valence electrons. The molecular weight excluding hydrogens is 475 g/mol. The minimum absolute atomic E-state index is 0.112. The van der Waals surface area contributed by atoms with Crippen LogP contribution in [0.4, 0.5) is 0 Å². The summed E-state index contributed by atoms with van der Waals surface area (Å²) in [4.78, 5) is 13.5. The number of hydrogen-bond acceptors (Lipinski definition) is 4. The third-order valence-electron chi connectivity index (χ3n) is 4.39. The van der Waals surface area contributed by atoms with E-state index in [-0.39, 0.29) is 10.7 Å². The maximum absolute atomic E-state index is 13.3. The van der Waals surface area contributed by atoms with Crippen molar-refractivity contribution in [1.82, 2.24) is 8.87 Å². The summed E-state index contributed by atoms with van der Waals surface area (Å²) in [7, 11) is -1.79. The molecule has 1 heterocycles. The first-order valence-corrected chi connectivity index (χ1v) is 11.1. The zero-order valence-corrected chi connectivity index (χ0v) is 18.2. The van der Waals surface area contributed by atoms with Crippen molar-refractivity contribution in [3.8, 4) is 0 Å². The highest BCUT2D eigenvalue weighted by molar-refractivity contribution is 14.1. The van der Waals surface area contributed by atoms with Gasteiger partial charge in [0.2, 0.25) is 0 Å². The van der Waals surface area contributed by atoms with Gasteiger partial charge in [-0.2, -0.15) is 0 Å². The van der Waals surface area contributed by atoms with Gasteiger partial charge in [0.1, 0.15) is 5.78 Å². The Labute approximate surface area is 173 Å². The summed E-state index contributed by atoms with van der Waals surface area (Å²) in [5.41, 5.74) is 1.66. The molecule has 0 N–H and O–H groups in total. The van der Waals surface area contributed by atoms with Gasteiger partial charge in [-0.05, 0) is 66.7 Å². The molecule has 7 heteroatoms. The van der Waals surface area contributed by atoms with Crippen molar-refractivity contribution in [2.75, 3.05) is 20.1 Å². The van der Waals surface area contributed by atoms with Gasteiger partial charge in [0.05, 0.1) is 20.7 Å². The van der Waals surface area contributed by atoms with E-state index in [0.717, 1.165) is 10.9 Å². The van der Waals surface area contributed by atoms with Gasteiger partial charge in [0, 0.05) is 11.9 Å². The molecule has 0 aliphatic rings. The molecular formula is C20H21IN2O3S. The number of para-hydroxylation sites is 1. The van der Waals surface area contributed by atoms with Gasteiger partial charge in [-0.1, -0.05) is 36.4 Å². The van der Waals surface area contributed by atoms with Crippen LogP contribution in [0.1, 0.15) is 12.5 Å². The van der Waals surface area contributed by atoms with E-state index in [1.54, 1.807) is 37.3 Å². The van der Waals surface area contributed by atoms with Crippen molar-refractivity contribution in [3.05, 3.63) is 63.9 Å². The number of Topliss-reactive ketones (excluding diaryl/α,β-unsaturated/α-hetero) is 1. The van der Waals surface area contributed by atoms with E-state index in [9.17, 15) is 13.2 Å². The number of ketones is 1. The van der Waals surface area contributed by atoms with Crippen LogP contribution in [0, 0.1) is 3.70 Å². The summed E-state index contributed by atoms with van der Waals surface area (Å²) in [5.74, 6) is 0.112. The predicted octanol–water partition coefficient (Wildman–Crippen LogP) is 3.55. The molecule has 27 heavy (non-hydrogen) atoms. The Balaban J connectivity index is 2.08. The molecule has 0 fully saturated rings. The Morgan fingerprint density at radius 1 is 1.07 bits per heavy atom. The molecule has 5 nitrogen and oxygen atoms in total. The van der Waals surface area contributed by atoms with Crippen molar-refractivity contribution in [3.63, 3.8) is 0 Å². The highest BCUT2D eigenvalue weighted by Gasteiger charge is 2.25. The van der Waals surface area contributed by atoms with Crippen molar-refractivity contribution in [2.45, 2.75) is 18.2 Å². The Morgan fingerprint density at radius 2 is 1.70 bits per heavy atom. The Morgan fingerprint density at radius 3 is 2.37 bits per heavy atom. The second-order valence-corrected chi connectivity index (χ2v) is 9.37. The van der Waals surface area contributed by atoms with Crippen LogP contribution in [0.25, 0.3) is 10.9 Å². The first-order chi connectivity index (χ1) is 12.8. The number of rotatable bonds is 7. The van der Waals surface area contributed by atoms with Crippen LogP contribution in [0.3, 0.4) is 0 Å². The van der Waals surface area contributed by atoms with E-state index in [0.29, 0.717) is 28.7 Å². The molecule has 0 bridgehead atoms. The van der Waals surface area contributed by atoms with Crippen molar-refractivity contribution >= 4 is 49.3 Å². The maximum Gasteiger partial charge on any atom is 0.269 e. The fourth-order valence-corrected chi connectivity index (χ4v) is 6.23. The van der Waals surface area contributed by atoms with E-state index >= 15 is 0 Å². The average molecular weight is 496 g/mol. The monoisotopic (exact) mass is 496 g/mol. The number of benzene rings is 2. The van der Waals surface area contributed by atoms with Crippen molar-refractivity contribution in [2.24, 2.45) is 0 Å². The molecule has 0 aliphatic heterocycles. The van der Waals surface area contributed by atoms with E-state index in [4.69, 9.17) is 0 Å². The standard InChI is InChI=1S/C20H21IN2O3S/c1-15(24)14-22(2)13-12-18-17-10-6-7-11-19(17)23(20(18)21)27(25,26)16-8-4-3-5-9-16/h3-11H,12-14H2,1-2H3. The molecule has 0 spiro atoms. The molecule has 0 atom stereocenters. The second kappa shape index (κ2) is 8.12. The molecule has 0 aliphatic carbocycles. The van der Waals surface area contributed by atoms with Gasteiger partial charge in [0.25, 0.3) is 10.0 Å². The lowest BCUT2D eigenvalue weighted by Crippen LogP contribution is -2.26. The SMILES string of the molecule is CC(=O)CN(C)CCc1c(I)n(S(=O)(=O)c2ccccc2)c2ccccc12. The highest BCUT2D eigenvalue weighted by Crippen LogP contribution is 2.31. The minimum Gasteiger partial charge on any atom is -0.299 e. The number of likely N-dealkylation sites (N-methyl/N-ethyl adjacent to an activating group) is 1. The molecule has 0 radical (unpaired) electrons. The average Bonchev–Trinajstić information content (AvgIpc) is 2.92. The second-order valence-electron chi connectivity index (χ2n) is 6.56. The summed E-state index contributed by atoms with van der Waals surface area (Å²) >= 11 is 2.12. The zero-order chi connectivity index (χ0) is 19.6. The molecule has 3 aromatic rings. The third kappa shape index (κ3) is 4.09. The molecule has 0 saturated carbocycles. The number of carbonyl (C=O) groups excluding carboxylic acids is 1. The minimum atomic E-state index is -3.69. The number of nitrogens with zero attached hydrogens (tertiary/aromatic N) is 2. The molecule has 0 saturated heterocycles. The Kier molecular flexibility index (Phi) is 6.02. The highest BCUT2D eigenvalue weighted by atomic mass is 127. The van der Waals surface area contributed by atoms with E-state index in [2.05, 4.69) is 22.6 Å². The van der Waals surface area contributed by atoms with Crippen molar-refractivity contribution < 1.29 is 13.2 Å². The van der Waals surface area contributed by atoms with Crippen molar-refractivity contribution in [1.29, 1.82) is 0 Å². The number of halogens is 1. The molecule has 1 aromatic heterocycles. The summed E-state index contributed by atoms with van der Waals surface area (Å²) in [5, 5.41) is 0.928. The van der Waals surface area contributed by atoms with Gasteiger partial charge in [-0.25, -0.2) is 12.4 Å². The van der Waals surface area contributed by atoms with Gasteiger partial charge >= 0.3 is 0 Å². The zero-order valence-electron chi connectivity index (χ0n) is 15.2. The van der Waals surface area contributed by atoms with Crippen LogP contribution in [0.15, 0.2) is 59.5 Å². The van der Waals surface area contributed by atoms with Crippen LogP contribution < -0.4 is 0 Å². The molecule has 0 amide bonds. The summed E-state index contributed by atoms with van der Waals surface area (Å²) in [6.07, 6.45) is 0.667. The van der Waals surface area contributed by atoms with Gasteiger partial charge in [-0.3, -0.25) is 9.69 Å². The third-order valence-corrected chi connectivity index (χ3v) is 7.58. The summed E-state index contributed by atoms with van der Waals surface area (Å²) < 4.78 is 28.7. The molecule has 0 unspecified atom stereocenters. The fraction of sp³-hybridized carbons (Fsp3) is 0.250. The van der Waals surface area contributed by atoms with Crippen LogP contribution in [0.5, 0.6) is 0 Å². The summed E-state index contributed by atoms with van der Waals surface area (Å²) in [6.45, 7) is 2.63. The quantitative estimate of drug-likeness (QED) is 0.470. The van der Waals surface area contributed by atoms with Gasteiger partial charge in [-0.15, -0.1) is 0 Å². The largest absolute Gasteiger partial charge is 0.299 e. The first-order valence-electron chi connectivity index (χ1n) is 8.59. The van der Waals surface area contributed by atoms with E-state index in [1.807, 2.05) is 36.2 Å². The van der Waals surface area contributed by atoms with E-state index < -0.39 is 10.0 Å². The lowest BCUT2D eigenvalue weighted by atomic mass is 10.1. The molecule has 3 rings (SSSR count). The smallest absolute Gasteiger partial charge is 0.269 e. The van der Waals surface area contributed by atoms with Crippen LogP contribution >= 0.6 is 22.6 Å². The van der Waals surface area contributed by atoms with E-state index in [1.165, 1.54) is 3.97 Å². The maximum atomic E-state index is 13.3. The lowest BCUT2D eigenvalue weighted by Gasteiger charge is -2.14. The van der Waals surface area contributed by atoms with Gasteiger partial charge < -0.3 is 0 Å². The van der Waals surface area contributed by atoms with Crippen LogP contribution in [-0.4, -0.2) is 43.2 Å². The molecule has 2 aromatic carbocycles. The number of hydrogen-bond donors (Lipinski definition) is 0. The summed E-state index contributed by atoms with van der Waals surface area (Å²) in [6, 6.07) is 16.0. The normalized spacial score (nSPS) is 12.0. The van der Waals surface area contributed by atoms with Crippen LogP contribution in [0.2, 0.25) is 0 Å². The number of fused-ring (bicyclic) bond motifs is 1. The number of aromatic nitrogens is 1.